The summed E-state index contributed by atoms with van der Waals surface area (Å²) in [5.41, 5.74) is 2.18. The van der Waals surface area contributed by atoms with Crippen LogP contribution in [0.25, 0.3) is 0 Å². The minimum atomic E-state index is -1.78. The fourth-order valence-corrected chi connectivity index (χ4v) is 4.45. The van der Waals surface area contributed by atoms with Gasteiger partial charge in [-0.3, -0.25) is 5.06 Å². The summed E-state index contributed by atoms with van der Waals surface area (Å²) in [4.78, 5) is 0. The fraction of sp³-hybridized carbons (Fsp3) is 0.417. The standard InChI is InChI=1S/C24H31NOSi/c1-27(2,3)26-25(23-17-11-6-12-18-23)24(22-15-9-5-10-16-22)20-19-21-13-7-4-8-14-21/h4,6-8,11-14,17-18,22,24H,5,9-10,15-16H2,1-3H3. The molecule has 142 valence electrons. The molecule has 0 N–H and O–H groups in total. The van der Waals surface area contributed by atoms with Crippen molar-refractivity contribution in [1.29, 1.82) is 0 Å². The number of benzene rings is 2. The largest absolute Gasteiger partial charge is 0.319 e. The van der Waals surface area contributed by atoms with E-state index in [9.17, 15) is 0 Å². The molecular formula is C24H31NOSi. The van der Waals surface area contributed by atoms with E-state index < -0.39 is 8.32 Å². The Kier molecular flexibility index (Phi) is 6.77. The van der Waals surface area contributed by atoms with E-state index >= 15 is 0 Å². The fourth-order valence-electron chi connectivity index (χ4n) is 3.64. The highest BCUT2D eigenvalue weighted by molar-refractivity contribution is 6.69. The van der Waals surface area contributed by atoms with E-state index in [0.717, 1.165) is 11.3 Å². The SMILES string of the molecule is C[Si](C)(C)ON(c1ccccc1)C(C#Cc1ccccc1)C1CCCCC1. The summed E-state index contributed by atoms with van der Waals surface area (Å²) in [7, 11) is -1.78. The van der Waals surface area contributed by atoms with E-state index in [1.807, 2.05) is 18.2 Å². The lowest BCUT2D eigenvalue weighted by Gasteiger charge is -2.39. The van der Waals surface area contributed by atoms with Crippen molar-refractivity contribution >= 4 is 14.0 Å². The third kappa shape index (κ3) is 5.99. The van der Waals surface area contributed by atoms with Crippen LogP contribution in [0.2, 0.25) is 19.6 Å². The molecule has 3 heteroatoms. The Morgan fingerprint density at radius 1 is 0.889 bits per heavy atom. The molecule has 1 atom stereocenters. The summed E-state index contributed by atoms with van der Waals surface area (Å²) in [6, 6.07) is 20.9. The molecule has 0 aromatic heterocycles. The molecular weight excluding hydrogens is 346 g/mol. The zero-order valence-corrected chi connectivity index (χ0v) is 17.8. The van der Waals surface area contributed by atoms with Crippen LogP contribution in [0.15, 0.2) is 60.7 Å². The first kappa shape index (κ1) is 19.7. The van der Waals surface area contributed by atoms with Crippen LogP contribution in [-0.2, 0) is 4.53 Å². The first-order valence-electron chi connectivity index (χ1n) is 10.1. The molecule has 2 aromatic rings. The molecule has 0 spiro atoms. The molecule has 0 amide bonds. The van der Waals surface area contributed by atoms with Gasteiger partial charge in [0.2, 0.25) is 8.32 Å². The van der Waals surface area contributed by atoms with Gasteiger partial charge in [0.15, 0.2) is 0 Å². The van der Waals surface area contributed by atoms with Crippen LogP contribution in [0.1, 0.15) is 37.7 Å². The number of hydroxylamine groups is 1. The molecule has 0 bridgehead atoms. The summed E-state index contributed by atoms with van der Waals surface area (Å²) in [6.45, 7) is 6.72. The molecule has 1 unspecified atom stereocenters. The number of para-hydroxylation sites is 1. The van der Waals surface area contributed by atoms with E-state index in [4.69, 9.17) is 4.53 Å². The van der Waals surface area contributed by atoms with E-state index in [2.05, 4.69) is 79.0 Å². The quantitative estimate of drug-likeness (QED) is 0.346. The first-order valence-corrected chi connectivity index (χ1v) is 13.5. The summed E-state index contributed by atoms with van der Waals surface area (Å²) in [5.74, 6) is 7.57. The molecule has 0 aliphatic heterocycles. The van der Waals surface area contributed by atoms with Crippen LogP contribution in [0, 0.1) is 17.8 Å². The van der Waals surface area contributed by atoms with Crippen LogP contribution in [0.4, 0.5) is 5.69 Å². The minimum absolute atomic E-state index is 0.0830. The zero-order valence-electron chi connectivity index (χ0n) is 16.8. The lowest BCUT2D eigenvalue weighted by Crippen LogP contribution is -2.47. The van der Waals surface area contributed by atoms with Crippen LogP contribution in [0.3, 0.4) is 0 Å². The van der Waals surface area contributed by atoms with Crippen LogP contribution in [-0.4, -0.2) is 14.4 Å². The lowest BCUT2D eigenvalue weighted by atomic mass is 9.83. The molecule has 1 aliphatic carbocycles. The van der Waals surface area contributed by atoms with Crippen molar-refractivity contribution in [1.82, 2.24) is 0 Å². The second-order valence-electron chi connectivity index (χ2n) is 8.34. The summed E-state index contributed by atoms with van der Waals surface area (Å²) in [5, 5.41) is 2.14. The Morgan fingerprint density at radius 3 is 2.07 bits per heavy atom. The topological polar surface area (TPSA) is 12.5 Å². The summed E-state index contributed by atoms with van der Waals surface area (Å²) < 4.78 is 6.60. The van der Waals surface area contributed by atoms with Gasteiger partial charge in [-0.1, -0.05) is 67.5 Å². The Bertz CT molecular complexity index is 752. The molecule has 0 radical (unpaired) electrons. The van der Waals surface area contributed by atoms with E-state index in [0.29, 0.717) is 5.92 Å². The Morgan fingerprint density at radius 2 is 1.48 bits per heavy atom. The highest BCUT2D eigenvalue weighted by atomic mass is 28.4. The molecule has 3 rings (SSSR count). The average Bonchev–Trinajstić information content (AvgIpc) is 2.69. The molecule has 0 saturated heterocycles. The van der Waals surface area contributed by atoms with Crippen molar-refractivity contribution in [2.45, 2.75) is 57.8 Å². The van der Waals surface area contributed by atoms with Gasteiger partial charge in [0.05, 0.1) is 5.69 Å². The smallest absolute Gasteiger partial charge is 0.220 e. The van der Waals surface area contributed by atoms with Crippen LogP contribution >= 0.6 is 0 Å². The van der Waals surface area contributed by atoms with Gasteiger partial charge in [-0.25, -0.2) is 0 Å². The molecule has 0 heterocycles. The predicted octanol–water partition coefficient (Wildman–Crippen LogP) is 6.26. The van der Waals surface area contributed by atoms with Gasteiger partial charge in [-0.05, 0) is 62.7 Å². The third-order valence-corrected chi connectivity index (χ3v) is 5.61. The summed E-state index contributed by atoms with van der Waals surface area (Å²) >= 11 is 0. The lowest BCUT2D eigenvalue weighted by molar-refractivity contribution is 0.200. The Labute approximate surface area is 165 Å². The minimum Gasteiger partial charge on any atom is -0.319 e. The molecule has 2 nitrogen and oxygen atoms in total. The zero-order chi connectivity index (χ0) is 19.1. The normalized spacial score (nSPS) is 16.3. The number of nitrogens with zero attached hydrogens (tertiary/aromatic N) is 1. The van der Waals surface area contributed by atoms with Gasteiger partial charge in [0.1, 0.15) is 6.04 Å². The van der Waals surface area contributed by atoms with E-state index in [-0.39, 0.29) is 6.04 Å². The van der Waals surface area contributed by atoms with E-state index in [1.165, 1.54) is 32.1 Å². The van der Waals surface area contributed by atoms with Gasteiger partial charge >= 0.3 is 0 Å². The Balaban J connectivity index is 1.97. The molecule has 2 aromatic carbocycles. The maximum absolute atomic E-state index is 6.60. The van der Waals surface area contributed by atoms with Gasteiger partial charge in [0.25, 0.3) is 0 Å². The third-order valence-electron chi connectivity index (χ3n) is 4.87. The van der Waals surface area contributed by atoms with Crippen molar-refractivity contribution < 1.29 is 4.53 Å². The van der Waals surface area contributed by atoms with Crippen LogP contribution < -0.4 is 5.06 Å². The Hall–Kier alpha value is -2.02. The maximum Gasteiger partial charge on any atom is 0.220 e. The molecule has 27 heavy (non-hydrogen) atoms. The molecule has 1 aliphatic rings. The van der Waals surface area contributed by atoms with Crippen LogP contribution in [0.5, 0.6) is 0 Å². The number of hydrogen-bond acceptors (Lipinski definition) is 2. The number of rotatable bonds is 5. The van der Waals surface area contributed by atoms with E-state index in [1.54, 1.807) is 0 Å². The average molecular weight is 378 g/mol. The van der Waals surface area contributed by atoms with Crippen molar-refractivity contribution in [2.24, 2.45) is 5.92 Å². The molecule has 1 saturated carbocycles. The number of hydrogen-bond donors (Lipinski definition) is 0. The number of anilines is 1. The van der Waals surface area contributed by atoms with Crippen molar-refractivity contribution in [3.63, 3.8) is 0 Å². The first-order chi connectivity index (χ1) is 13.0. The summed E-state index contributed by atoms with van der Waals surface area (Å²) in [6.07, 6.45) is 6.39. The second-order valence-corrected chi connectivity index (χ2v) is 12.8. The predicted molar refractivity (Wildman–Crippen MR) is 117 cm³/mol. The van der Waals surface area contributed by atoms with Gasteiger partial charge < -0.3 is 4.53 Å². The monoisotopic (exact) mass is 377 g/mol. The van der Waals surface area contributed by atoms with Gasteiger partial charge in [-0.2, -0.15) is 0 Å². The highest BCUT2D eigenvalue weighted by Crippen LogP contribution is 2.32. The van der Waals surface area contributed by atoms with Crippen molar-refractivity contribution in [2.75, 3.05) is 5.06 Å². The second kappa shape index (κ2) is 9.26. The van der Waals surface area contributed by atoms with Crippen molar-refractivity contribution in [3.05, 3.63) is 66.2 Å². The molecule has 1 fully saturated rings. The van der Waals surface area contributed by atoms with Crippen molar-refractivity contribution in [3.8, 4) is 11.8 Å². The highest BCUT2D eigenvalue weighted by Gasteiger charge is 2.32. The van der Waals surface area contributed by atoms with Gasteiger partial charge in [0, 0.05) is 5.56 Å². The van der Waals surface area contributed by atoms with Gasteiger partial charge in [-0.15, -0.1) is 0 Å². The maximum atomic E-state index is 6.60.